The Labute approximate surface area is 165 Å². The van der Waals surface area contributed by atoms with Crippen LogP contribution in [0.15, 0.2) is 4.99 Å². The normalized spacial score (nSPS) is 27.1. The van der Waals surface area contributed by atoms with Gasteiger partial charge in [-0.1, -0.05) is 38.5 Å². The maximum absolute atomic E-state index is 12.7. The van der Waals surface area contributed by atoms with Crippen LogP contribution in [0.5, 0.6) is 0 Å². The van der Waals surface area contributed by atoms with Gasteiger partial charge in [-0.05, 0) is 26.2 Å². The van der Waals surface area contributed by atoms with Gasteiger partial charge in [0.2, 0.25) is 12.1 Å². The Bertz CT molecular complexity index is 623. The average molecular weight is 386 g/mol. The van der Waals surface area contributed by atoms with Crippen molar-refractivity contribution in [2.75, 3.05) is 6.98 Å². The van der Waals surface area contributed by atoms with Crippen LogP contribution < -0.4 is 16.8 Å². The molecule has 1 fully saturated rings. The van der Waals surface area contributed by atoms with E-state index in [-0.39, 0.29) is 6.42 Å². The van der Waals surface area contributed by atoms with Crippen LogP contribution in [0, 0.1) is 5.41 Å². The maximum atomic E-state index is 12.7. The lowest BCUT2D eigenvalue weighted by Crippen LogP contribution is -2.50. The molecule has 154 valence electrons. The number of likely N-dealkylation sites (N-methyl/N-ethyl adjacent to an activating group) is 1. The van der Waals surface area contributed by atoms with Crippen LogP contribution in [0.2, 0.25) is 0 Å². The summed E-state index contributed by atoms with van der Waals surface area (Å²) in [6, 6.07) is 0. The number of carbonyl (C=O) groups excluding carboxylic acids is 2. The summed E-state index contributed by atoms with van der Waals surface area (Å²) in [5, 5.41) is 10.3. The molecule has 0 aromatic carbocycles. The molecule has 6 N–H and O–H groups in total. The molecule has 1 aliphatic rings. The van der Waals surface area contributed by atoms with Crippen molar-refractivity contribution in [1.29, 1.82) is 5.41 Å². The number of guanidine groups is 2. The molecule has 1 heterocycles. The van der Waals surface area contributed by atoms with E-state index in [0.29, 0.717) is 17.7 Å². The first kappa shape index (κ1) is 18.1. The number of amides is 1. The summed E-state index contributed by atoms with van der Waals surface area (Å²) in [6.45, 7) is -1.27. The standard InChI is InChI=1S/C18H34N6O3/c1-13-11-9-7-5-3-4-6-8-10-12-14(25)22-18(21)24(2)15(16(26)27-13)23-17(19)20/h13,15H,3-12H2,1-2H3,(H4,19,20,23)(H2,21,22,25)/i2D3. The monoisotopic (exact) mass is 385 g/mol. The van der Waals surface area contributed by atoms with Crippen molar-refractivity contribution in [2.45, 2.75) is 83.4 Å². The molecule has 1 aliphatic heterocycles. The largest absolute Gasteiger partial charge is 0.460 e. The lowest BCUT2D eigenvalue weighted by molar-refractivity contribution is -0.153. The first-order chi connectivity index (χ1) is 14.0. The number of ether oxygens (including phenoxy) is 1. The minimum atomic E-state index is -2.98. The number of hydrogen-bond acceptors (Lipinski definition) is 5. The van der Waals surface area contributed by atoms with Gasteiger partial charge in [0.05, 0.1) is 6.10 Å². The zero-order valence-corrected chi connectivity index (χ0v) is 16.0. The summed E-state index contributed by atoms with van der Waals surface area (Å²) >= 11 is 0. The topological polar surface area (TPSA) is 147 Å². The Morgan fingerprint density at radius 1 is 1.19 bits per heavy atom. The third-order valence-electron chi connectivity index (χ3n) is 4.31. The molecule has 0 aliphatic carbocycles. The summed E-state index contributed by atoms with van der Waals surface area (Å²) < 4.78 is 28.6. The van der Waals surface area contributed by atoms with Crippen LogP contribution in [0.4, 0.5) is 0 Å². The van der Waals surface area contributed by atoms with Gasteiger partial charge in [-0.2, -0.15) is 0 Å². The first-order valence-corrected chi connectivity index (χ1v) is 9.49. The van der Waals surface area contributed by atoms with Crippen molar-refractivity contribution in [1.82, 2.24) is 10.2 Å². The molecule has 1 amide bonds. The molecular weight excluding hydrogens is 348 g/mol. The van der Waals surface area contributed by atoms with Crippen molar-refractivity contribution in [3.05, 3.63) is 0 Å². The lowest BCUT2D eigenvalue weighted by atomic mass is 10.1. The Hall–Kier alpha value is -2.32. The Kier molecular flexibility index (Phi) is 8.12. The Morgan fingerprint density at radius 3 is 2.37 bits per heavy atom. The minimum Gasteiger partial charge on any atom is -0.460 e. The summed E-state index contributed by atoms with van der Waals surface area (Å²) in [7, 11) is 0. The van der Waals surface area contributed by atoms with E-state index in [0.717, 1.165) is 44.9 Å². The van der Waals surface area contributed by atoms with Gasteiger partial charge in [0, 0.05) is 17.5 Å². The zero-order chi connectivity index (χ0) is 22.7. The fourth-order valence-electron chi connectivity index (χ4n) is 2.83. The number of esters is 1. The van der Waals surface area contributed by atoms with Gasteiger partial charge in [-0.3, -0.25) is 15.5 Å². The van der Waals surface area contributed by atoms with E-state index in [1.54, 1.807) is 6.92 Å². The highest BCUT2D eigenvalue weighted by molar-refractivity contribution is 5.97. The lowest BCUT2D eigenvalue weighted by Gasteiger charge is -2.27. The molecule has 2 unspecified atom stereocenters. The van der Waals surface area contributed by atoms with E-state index in [1.165, 1.54) is 0 Å². The molecular formula is C18H34N6O3. The fourth-order valence-corrected chi connectivity index (χ4v) is 2.83. The minimum absolute atomic E-state index is 0.145. The molecule has 1 saturated heterocycles. The predicted octanol–water partition coefficient (Wildman–Crippen LogP) is 1.41. The van der Waals surface area contributed by atoms with Gasteiger partial charge in [-0.25, -0.2) is 9.79 Å². The van der Waals surface area contributed by atoms with Crippen LogP contribution in [-0.4, -0.2) is 47.9 Å². The van der Waals surface area contributed by atoms with E-state index in [4.69, 9.17) is 25.7 Å². The average Bonchev–Trinajstić information content (AvgIpc) is 2.60. The quantitative estimate of drug-likeness (QED) is 0.305. The van der Waals surface area contributed by atoms with E-state index < -0.39 is 43.0 Å². The number of carbonyl (C=O) groups is 2. The van der Waals surface area contributed by atoms with Gasteiger partial charge in [0.15, 0.2) is 11.9 Å². The molecule has 0 spiro atoms. The highest BCUT2D eigenvalue weighted by atomic mass is 16.5. The number of cyclic esters (lactones) is 1. The Morgan fingerprint density at radius 2 is 1.78 bits per heavy atom. The Balaban J connectivity index is 3.12. The number of aliphatic imine (C=N–C) groups is 1. The van der Waals surface area contributed by atoms with Crippen molar-refractivity contribution < 1.29 is 18.4 Å². The van der Waals surface area contributed by atoms with Gasteiger partial charge in [0.25, 0.3) is 0 Å². The van der Waals surface area contributed by atoms with Crippen molar-refractivity contribution >= 4 is 23.8 Å². The fraction of sp³-hybridized carbons (Fsp3) is 0.778. The third kappa shape index (κ3) is 9.25. The van der Waals surface area contributed by atoms with Gasteiger partial charge in [-0.15, -0.1) is 0 Å². The first-order valence-electron chi connectivity index (χ1n) is 11.0. The molecule has 0 aromatic rings. The second-order valence-corrected chi connectivity index (χ2v) is 6.81. The van der Waals surface area contributed by atoms with Crippen molar-refractivity contribution in [3.63, 3.8) is 0 Å². The van der Waals surface area contributed by atoms with Gasteiger partial charge >= 0.3 is 5.97 Å². The summed E-state index contributed by atoms with van der Waals surface area (Å²) in [6.07, 6.45) is 6.16. The molecule has 0 aromatic heterocycles. The summed E-state index contributed by atoms with van der Waals surface area (Å²) in [4.78, 5) is 28.9. The van der Waals surface area contributed by atoms with Crippen LogP contribution in [0.1, 0.15) is 75.2 Å². The second kappa shape index (κ2) is 12.1. The summed E-state index contributed by atoms with van der Waals surface area (Å²) in [5.74, 6) is -2.85. The van der Waals surface area contributed by atoms with Crippen molar-refractivity contribution in [3.8, 4) is 0 Å². The SMILES string of the molecule is [2H]C([2H])([2H])N1C(=N)NC(=O)CCCCCCCCCCC(C)OC(=O)C1N=C(N)N. The van der Waals surface area contributed by atoms with E-state index in [1.807, 2.05) is 0 Å². The molecule has 0 saturated carbocycles. The third-order valence-corrected chi connectivity index (χ3v) is 4.31. The molecule has 2 atom stereocenters. The van der Waals surface area contributed by atoms with Gasteiger partial charge in [0.1, 0.15) is 0 Å². The number of rotatable bonds is 1. The molecule has 0 radical (unpaired) electrons. The maximum Gasteiger partial charge on any atom is 0.352 e. The van der Waals surface area contributed by atoms with Crippen LogP contribution in [0.3, 0.4) is 0 Å². The highest BCUT2D eigenvalue weighted by Crippen LogP contribution is 2.14. The number of nitrogens with zero attached hydrogens (tertiary/aromatic N) is 2. The van der Waals surface area contributed by atoms with E-state index in [9.17, 15) is 9.59 Å². The molecule has 1 rings (SSSR count). The highest BCUT2D eigenvalue weighted by Gasteiger charge is 2.28. The second-order valence-electron chi connectivity index (χ2n) is 6.81. The van der Waals surface area contributed by atoms with E-state index >= 15 is 0 Å². The van der Waals surface area contributed by atoms with Crippen LogP contribution in [0.25, 0.3) is 0 Å². The van der Waals surface area contributed by atoms with Crippen molar-refractivity contribution in [2.24, 2.45) is 16.5 Å². The van der Waals surface area contributed by atoms with Crippen LogP contribution in [-0.2, 0) is 14.3 Å². The number of nitrogens with two attached hydrogens (primary N) is 2. The number of nitrogens with one attached hydrogen (secondary N) is 2. The molecule has 9 heteroatoms. The molecule has 27 heavy (non-hydrogen) atoms. The number of hydrogen-bond donors (Lipinski definition) is 4. The van der Waals surface area contributed by atoms with E-state index in [2.05, 4.69) is 10.3 Å². The smallest absolute Gasteiger partial charge is 0.352 e. The predicted molar refractivity (Wildman–Crippen MR) is 105 cm³/mol. The zero-order valence-electron chi connectivity index (χ0n) is 19.0. The van der Waals surface area contributed by atoms with Gasteiger partial charge < -0.3 is 21.1 Å². The molecule has 0 bridgehead atoms. The van der Waals surface area contributed by atoms with Crippen LogP contribution >= 0.6 is 0 Å². The summed E-state index contributed by atoms with van der Waals surface area (Å²) in [5.41, 5.74) is 10.8. The molecule has 9 nitrogen and oxygen atoms in total.